The van der Waals surface area contributed by atoms with Crippen LogP contribution in [0.15, 0.2) is 28.7 Å². The summed E-state index contributed by atoms with van der Waals surface area (Å²) in [5.41, 5.74) is 1.57. The molecule has 0 spiro atoms. The first kappa shape index (κ1) is 16.0. The van der Waals surface area contributed by atoms with Crippen LogP contribution in [0.4, 0.5) is 0 Å². The summed E-state index contributed by atoms with van der Waals surface area (Å²) in [5.74, 6) is 0. The molecule has 0 unspecified atom stereocenters. The first-order chi connectivity index (χ1) is 9.49. The molecule has 1 aromatic rings. The zero-order chi connectivity index (χ0) is 14.6. The van der Waals surface area contributed by atoms with Gasteiger partial charge in [0.05, 0.1) is 0 Å². The minimum atomic E-state index is 0.220. The smallest absolute Gasteiger partial charge is 0.0281 e. The van der Waals surface area contributed by atoms with Gasteiger partial charge in [-0.05, 0) is 32.5 Å². The molecule has 0 aliphatic carbocycles. The Hall–Kier alpha value is -0.420. The lowest BCUT2D eigenvalue weighted by Gasteiger charge is -2.43. The maximum absolute atomic E-state index is 3.64. The van der Waals surface area contributed by atoms with Gasteiger partial charge in [-0.3, -0.25) is 4.90 Å². The van der Waals surface area contributed by atoms with Crippen LogP contribution in [-0.4, -0.2) is 55.1 Å². The van der Waals surface area contributed by atoms with Crippen molar-refractivity contribution in [1.29, 1.82) is 0 Å². The fourth-order valence-corrected chi connectivity index (χ4v) is 3.41. The molecule has 4 heteroatoms. The van der Waals surface area contributed by atoms with E-state index in [1.54, 1.807) is 0 Å². The van der Waals surface area contributed by atoms with Gasteiger partial charge in [0, 0.05) is 49.3 Å². The van der Waals surface area contributed by atoms with Crippen molar-refractivity contribution in [2.24, 2.45) is 0 Å². The lowest BCUT2D eigenvalue weighted by Crippen LogP contribution is -2.57. The molecule has 112 valence electrons. The second-order valence-corrected chi connectivity index (χ2v) is 7.17. The van der Waals surface area contributed by atoms with Crippen LogP contribution in [0.1, 0.15) is 19.4 Å². The summed E-state index contributed by atoms with van der Waals surface area (Å²) >= 11 is 3.64. The number of nitrogens with zero attached hydrogens (tertiary/aromatic N) is 2. The van der Waals surface area contributed by atoms with E-state index in [-0.39, 0.29) is 5.54 Å². The molecule has 1 heterocycles. The van der Waals surface area contributed by atoms with Crippen molar-refractivity contribution in [3.8, 4) is 0 Å². The van der Waals surface area contributed by atoms with Crippen molar-refractivity contribution in [3.63, 3.8) is 0 Å². The maximum Gasteiger partial charge on any atom is 0.0281 e. The summed E-state index contributed by atoms with van der Waals surface area (Å²) in [4.78, 5) is 5.02. The Bertz CT molecular complexity index is 427. The van der Waals surface area contributed by atoms with Crippen LogP contribution in [0.2, 0.25) is 0 Å². The number of nitrogens with one attached hydrogen (secondary N) is 1. The summed E-state index contributed by atoms with van der Waals surface area (Å²) in [6.45, 7) is 11.3. The molecule has 1 N–H and O–H groups in total. The third-order valence-electron chi connectivity index (χ3n) is 4.03. The van der Waals surface area contributed by atoms with Crippen LogP contribution in [0.3, 0.4) is 0 Å². The molecule has 1 aromatic carbocycles. The van der Waals surface area contributed by atoms with Gasteiger partial charge in [-0.2, -0.15) is 0 Å². The number of halogens is 1. The molecule has 2 rings (SSSR count). The quantitative estimate of drug-likeness (QED) is 0.889. The Labute approximate surface area is 131 Å². The van der Waals surface area contributed by atoms with E-state index in [2.05, 4.69) is 76.2 Å². The highest BCUT2D eigenvalue weighted by atomic mass is 79.9. The second kappa shape index (κ2) is 7.03. The monoisotopic (exact) mass is 339 g/mol. The fourth-order valence-electron chi connectivity index (χ4n) is 3.00. The third kappa shape index (κ3) is 4.29. The van der Waals surface area contributed by atoms with E-state index >= 15 is 0 Å². The van der Waals surface area contributed by atoms with E-state index in [0.29, 0.717) is 0 Å². The van der Waals surface area contributed by atoms with Crippen molar-refractivity contribution in [3.05, 3.63) is 34.3 Å². The zero-order valence-electron chi connectivity index (χ0n) is 12.8. The van der Waals surface area contributed by atoms with Crippen LogP contribution in [0.5, 0.6) is 0 Å². The van der Waals surface area contributed by atoms with Crippen molar-refractivity contribution in [1.82, 2.24) is 15.1 Å². The van der Waals surface area contributed by atoms with Crippen LogP contribution in [0.25, 0.3) is 0 Å². The van der Waals surface area contributed by atoms with E-state index in [9.17, 15) is 0 Å². The van der Waals surface area contributed by atoms with Crippen molar-refractivity contribution in [2.45, 2.75) is 25.9 Å². The topological polar surface area (TPSA) is 18.5 Å². The van der Waals surface area contributed by atoms with Gasteiger partial charge < -0.3 is 10.2 Å². The van der Waals surface area contributed by atoms with Crippen LogP contribution < -0.4 is 5.32 Å². The SMILES string of the molecule is CN(Cc1ccccc1Br)CC(C)(C)N1CCNCC1. The van der Waals surface area contributed by atoms with Crippen molar-refractivity contribution < 1.29 is 0 Å². The molecule has 1 saturated heterocycles. The second-order valence-electron chi connectivity index (χ2n) is 6.31. The highest BCUT2D eigenvalue weighted by Gasteiger charge is 2.28. The van der Waals surface area contributed by atoms with Crippen LogP contribution in [-0.2, 0) is 6.54 Å². The lowest BCUT2D eigenvalue weighted by atomic mass is 10.0. The van der Waals surface area contributed by atoms with Gasteiger partial charge in [-0.1, -0.05) is 34.1 Å². The molecule has 0 saturated carbocycles. The van der Waals surface area contributed by atoms with Crippen LogP contribution >= 0.6 is 15.9 Å². The van der Waals surface area contributed by atoms with E-state index in [0.717, 1.165) is 39.3 Å². The van der Waals surface area contributed by atoms with Gasteiger partial charge in [0.2, 0.25) is 0 Å². The number of piperazine rings is 1. The van der Waals surface area contributed by atoms with Crippen LogP contribution in [0, 0.1) is 0 Å². The van der Waals surface area contributed by atoms with Gasteiger partial charge in [-0.15, -0.1) is 0 Å². The number of likely N-dealkylation sites (N-methyl/N-ethyl adjacent to an activating group) is 1. The van der Waals surface area contributed by atoms with Gasteiger partial charge in [0.25, 0.3) is 0 Å². The molecule has 1 aliphatic heterocycles. The molecule has 0 amide bonds. The van der Waals surface area contributed by atoms with Crippen molar-refractivity contribution >= 4 is 15.9 Å². The molecule has 0 aromatic heterocycles. The largest absolute Gasteiger partial charge is 0.314 e. The zero-order valence-corrected chi connectivity index (χ0v) is 14.4. The third-order valence-corrected chi connectivity index (χ3v) is 4.80. The molecular weight excluding hydrogens is 314 g/mol. The summed E-state index contributed by atoms with van der Waals surface area (Å²) in [6, 6.07) is 8.48. The maximum atomic E-state index is 3.64. The van der Waals surface area contributed by atoms with E-state index in [1.165, 1.54) is 10.0 Å². The first-order valence-electron chi connectivity index (χ1n) is 7.37. The Balaban J connectivity index is 1.93. The molecular formula is C16H26BrN3. The normalized spacial score (nSPS) is 17.6. The average Bonchev–Trinajstić information content (AvgIpc) is 2.42. The number of hydrogen-bond donors (Lipinski definition) is 1. The Morgan fingerprint density at radius 1 is 1.25 bits per heavy atom. The molecule has 0 atom stereocenters. The molecule has 1 fully saturated rings. The molecule has 0 bridgehead atoms. The Morgan fingerprint density at radius 2 is 1.90 bits per heavy atom. The number of benzene rings is 1. The molecule has 1 aliphatic rings. The van der Waals surface area contributed by atoms with E-state index < -0.39 is 0 Å². The average molecular weight is 340 g/mol. The van der Waals surface area contributed by atoms with E-state index in [4.69, 9.17) is 0 Å². The van der Waals surface area contributed by atoms with Gasteiger partial charge >= 0.3 is 0 Å². The highest BCUT2D eigenvalue weighted by Crippen LogP contribution is 2.20. The summed E-state index contributed by atoms with van der Waals surface area (Å²) < 4.78 is 1.20. The molecule has 20 heavy (non-hydrogen) atoms. The van der Waals surface area contributed by atoms with Crippen molar-refractivity contribution in [2.75, 3.05) is 39.8 Å². The summed E-state index contributed by atoms with van der Waals surface area (Å²) in [6.07, 6.45) is 0. The summed E-state index contributed by atoms with van der Waals surface area (Å²) in [5, 5.41) is 3.43. The van der Waals surface area contributed by atoms with Gasteiger partial charge in [0.1, 0.15) is 0 Å². The van der Waals surface area contributed by atoms with Gasteiger partial charge in [-0.25, -0.2) is 0 Å². The summed E-state index contributed by atoms with van der Waals surface area (Å²) in [7, 11) is 2.21. The predicted octanol–water partition coefficient (Wildman–Crippen LogP) is 2.56. The van der Waals surface area contributed by atoms with E-state index in [1.807, 2.05) is 0 Å². The molecule has 0 radical (unpaired) electrons. The highest BCUT2D eigenvalue weighted by molar-refractivity contribution is 9.10. The molecule has 3 nitrogen and oxygen atoms in total. The first-order valence-corrected chi connectivity index (χ1v) is 8.16. The predicted molar refractivity (Wildman–Crippen MR) is 89.0 cm³/mol. The number of hydrogen-bond acceptors (Lipinski definition) is 3. The Kier molecular flexibility index (Phi) is 5.61. The lowest BCUT2D eigenvalue weighted by molar-refractivity contribution is 0.0693. The minimum Gasteiger partial charge on any atom is -0.314 e. The number of rotatable bonds is 5. The Morgan fingerprint density at radius 3 is 2.55 bits per heavy atom. The standard InChI is InChI=1S/C16H26BrN3/c1-16(2,20-10-8-18-9-11-20)13-19(3)12-14-6-4-5-7-15(14)17/h4-7,18H,8-13H2,1-3H3. The van der Waals surface area contributed by atoms with Gasteiger partial charge in [0.15, 0.2) is 0 Å². The minimum absolute atomic E-state index is 0.220. The fraction of sp³-hybridized carbons (Fsp3) is 0.625.